The lowest BCUT2D eigenvalue weighted by molar-refractivity contribution is -0.150. The standard InChI is InChI=1S/C9H14N4O4/c1-17-9(16)7(14)3-11-8(15)5-13-4-6(10)2-12-13/h2,4,7,14H,3,5,10H2,1H3,(H,11,15). The van der Waals surface area contributed by atoms with Crippen LogP contribution in [0.1, 0.15) is 0 Å². The molecule has 0 bridgehead atoms. The average Bonchev–Trinajstić information content (AvgIpc) is 2.70. The SMILES string of the molecule is COC(=O)C(O)CNC(=O)Cn1cc(N)cn1. The average molecular weight is 242 g/mol. The normalized spacial score (nSPS) is 11.9. The van der Waals surface area contributed by atoms with Crippen molar-refractivity contribution in [2.75, 3.05) is 19.4 Å². The van der Waals surface area contributed by atoms with Crippen molar-refractivity contribution in [3.8, 4) is 0 Å². The molecule has 1 aromatic heterocycles. The molecule has 1 unspecified atom stereocenters. The summed E-state index contributed by atoms with van der Waals surface area (Å²) >= 11 is 0. The molecule has 1 aromatic rings. The van der Waals surface area contributed by atoms with Gasteiger partial charge in [-0.1, -0.05) is 0 Å². The molecule has 4 N–H and O–H groups in total. The van der Waals surface area contributed by atoms with Crippen LogP contribution in [0.4, 0.5) is 5.69 Å². The zero-order valence-electron chi connectivity index (χ0n) is 9.29. The number of carbonyl (C=O) groups is 2. The van der Waals surface area contributed by atoms with Crippen molar-refractivity contribution in [3.63, 3.8) is 0 Å². The molecule has 0 radical (unpaired) electrons. The largest absolute Gasteiger partial charge is 0.467 e. The first-order chi connectivity index (χ1) is 8.02. The minimum atomic E-state index is -1.37. The Balaban J connectivity index is 2.33. The molecule has 0 spiro atoms. The van der Waals surface area contributed by atoms with Crippen LogP contribution in [0.5, 0.6) is 0 Å². The smallest absolute Gasteiger partial charge is 0.336 e. The van der Waals surface area contributed by atoms with Crippen LogP contribution in [0.25, 0.3) is 0 Å². The summed E-state index contributed by atoms with van der Waals surface area (Å²) in [4.78, 5) is 22.2. The number of nitrogens with zero attached hydrogens (tertiary/aromatic N) is 2. The predicted molar refractivity (Wildman–Crippen MR) is 57.7 cm³/mol. The topological polar surface area (TPSA) is 119 Å². The number of carbonyl (C=O) groups excluding carboxylic acids is 2. The van der Waals surface area contributed by atoms with Gasteiger partial charge in [0.1, 0.15) is 6.54 Å². The molecule has 0 saturated heterocycles. The number of rotatable bonds is 5. The van der Waals surface area contributed by atoms with E-state index in [0.29, 0.717) is 5.69 Å². The van der Waals surface area contributed by atoms with Gasteiger partial charge in [0.15, 0.2) is 6.10 Å². The highest BCUT2D eigenvalue weighted by Gasteiger charge is 2.16. The fourth-order valence-corrected chi connectivity index (χ4v) is 1.10. The number of anilines is 1. The van der Waals surface area contributed by atoms with Gasteiger partial charge in [-0.15, -0.1) is 0 Å². The number of nitrogens with one attached hydrogen (secondary N) is 1. The van der Waals surface area contributed by atoms with Gasteiger partial charge in [-0.2, -0.15) is 5.10 Å². The highest BCUT2D eigenvalue weighted by atomic mass is 16.5. The van der Waals surface area contributed by atoms with Gasteiger partial charge in [0, 0.05) is 6.20 Å². The first-order valence-corrected chi connectivity index (χ1v) is 4.83. The van der Waals surface area contributed by atoms with Gasteiger partial charge in [0.2, 0.25) is 5.91 Å². The lowest BCUT2D eigenvalue weighted by atomic mass is 10.3. The molecule has 1 rings (SSSR count). The fourth-order valence-electron chi connectivity index (χ4n) is 1.10. The molecule has 0 aliphatic rings. The van der Waals surface area contributed by atoms with Crippen LogP contribution in [-0.4, -0.2) is 46.5 Å². The van der Waals surface area contributed by atoms with Gasteiger partial charge in [-0.25, -0.2) is 4.79 Å². The number of hydrogen-bond acceptors (Lipinski definition) is 6. The van der Waals surface area contributed by atoms with Gasteiger partial charge in [0.25, 0.3) is 0 Å². The molecule has 0 saturated carbocycles. The van der Waals surface area contributed by atoms with Crippen LogP contribution < -0.4 is 11.1 Å². The maximum atomic E-state index is 11.4. The van der Waals surface area contributed by atoms with Crippen LogP contribution >= 0.6 is 0 Å². The van der Waals surface area contributed by atoms with E-state index in [2.05, 4.69) is 15.2 Å². The number of nitrogen functional groups attached to an aromatic ring is 1. The third-order valence-electron chi connectivity index (χ3n) is 1.92. The third kappa shape index (κ3) is 4.11. The van der Waals surface area contributed by atoms with Crippen molar-refractivity contribution in [1.29, 1.82) is 0 Å². The molecule has 1 amide bonds. The Morgan fingerprint density at radius 2 is 2.41 bits per heavy atom. The van der Waals surface area contributed by atoms with E-state index in [1.807, 2.05) is 0 Å². The van der Waals surface area contributed by atoms with Crippen molar-refractivity contribution < 1.29 is 19.4 Å². The van der Waals surface area contributed by atoms with E-state index in [0.717, 1.165) is 7.11 Å². The molecule has 17 heavy (non-hydrogen) atoms. The number of aromatic nitrogens is 2. The summed E-state index contributed by atoms with van der Waals surface area (Å²) in [6.45, 7) is -0.243. The van der Waals surface area contributed by atoms with Gasteiger partial charge in [0.05, 0.1) is 25.5 Å². The van der Waals surface area contributed by atoms with E-state index in [9.17, 15) is 14.7 Å². The minimum absolute atomic E-state index is 0.0366. The second-order valence-corrected chi connectivity index (χ2v) is 3.31. The van der Waals surface area contributed by atoms with Gasteiger partial charge >= 0.3 is 5.97 Å². The summed E-state index contributed by atoms with van der Waals surface area (Å²) in [7, 11) is 1.15. The zero-order valence-corrected chi connectivity index (χ0v) is 9.29. The summed E-state index contributed by atoms with van der Waals surface area (Å²) in [5.41, 5.74) is 5.87. The van der Waals surface area contributed by atoms with Crippen molar-refractivity contribution in [2.45, 2.75) is 12.6 Å². The van der Waals surface area contributed by atoms with E-state index in [-0.39, 0.29) is 13.1 Å². The number of methoxy groups -OCH3 is 1. The highest BCUT2D eigenvalue weighted by Crippen LogP contribution is 1.97. The number of ether oxygens (including phenoxy) is 1. The Morgan fingerprint density at radius 1 is 1.71 bits per heavy atom. The van der Waals surface area contributed by atoms with E-state index in [1.165, 1.54) is 17.1 Å². The van der Waals surface area contributed by atoms with Crippen molar-refractivity contribution in [1.82, 2.24) is 15.1 Å². The van der Waals surface area contributed by atoms with Crippen molar-refractivity contribution in [3.05, 3.63) is 12.4 Å². The molecule has 1 atom stereocenters. The monoisotopic (exact) mass is 242 g/mol. The number of amides is 1. The van der Waals surface area contributed by atoms with Crippen LogP contribution in [-0.2, 0) is 20.9 Å². The molecule has 8 heteroatoms. The third-order valence-corrected chi connectivity index (χ3v) is 1.92. The Hall–Kier alpha value is -2.09. The number of aliphatic hydroxyl groups is 1. The first kappa shape index (κ1) is 13.0. The molecule has 0 aromatic carbocycles. The van der Waals surface area contributed by atoms with Crippen LogP contribution in [0.15, 0.2) is 12.4 Å². The van der Waals surface area contributed by atoms with E-state index in [4.69, 9.17) is 5.73 Å². The van der Waals surface area contributed by atoms with Crippen LogP contribution in [0.3, 0.4) is 0 Å². The highest BCUT2D eigenvalue weighted by molar-refractivity contribution is 5.78. The Kier molecular flexibility index (Phi) is 4.46. The Bertz CT molecular complexity index is 403. The van der Waals surface area contributed by atoms with Gasteiger partial charge < -0.3 is 20.9 Å². The number of esters is 1. The van der Waals surface area contributed by atoms with E-state index in [1.54, 1.807) is 0 Å². The molecule has 0 aliphatic carbocycles. The zero-order chi connectivity index (χ0) is 12.8. The molecule has 94 valence electrons. The molecule has 1 heterocycles. The summed E-state index contributed by atoms with van der Waals surface area (Å²) in [6.07, 6.45) is 1.54. The second kappa shape index (κ2) is 5.85. The van der Waals surface area contributed by atoms with Crippen molar-refractivity contribution >= 4 is 17.6 Å². The number of hydrogen-bond donors (Lipinski definition) is 3. The quantitative estimate of drug-likeness (QED) is 0.520. The van der Waals surface area contributed by atoms with E-state index >= 15 is 0 Å². The predicted octanol–water partition coefficient (Wildman–Crippen LogP) is -1.88. The molecule has 0 fully saturated rings. The molecule has 0 aliphatic heterocycles. The minimum Gasteiger partial charge on any atom is -0.467 e. The second-order valence-electron chi connectivity index (χ2n) is 3.31. The summed E-state index contributed by atoms with van der Waals surface area (Å²) in [5.74, 6) is -1.19. The van der Waals surface area contributed by atoms with Crippen LogP contribution in [0.2, 0.25) is 0 Å². The molecular weight excluding hydrogens is 228 g/mol. The first-order valence-electron chi connectivity index (χ1n) is 4.83. The Labute approximate surface area is 97.3 Å². The maximum Gasteiger partial charge on any atom is 0.336 e. The lowest BCUT2D eigenvalue weighted by Gasteiger charge is -2.09. The number of nitrogens with two attached hydrogens (primary N) is 1. The molecule has 8 nitrogen and oxygen atoms in total. The lowest BCUT2D eigenvalue weighted by Crippen LogP contribution is -2.38. The molecular formula is C9H14N4O4. The van der Waals surface area contributed by atoms with Crippen molar-refractivity contribution in [2.24, 2.45) is 0 Å². The summed E-state index contributed by atoms with van der Waals surface area (Å²) < 4.78 is 5.63. The van der Waals surface area contributed by atoms with Gasteiger partial charge in [-0.3, -0.25) is 9.48 Å². The van der Waals surface area contributed by atoms with Gasteiger partial charge in [-0.05, 0) is 0 Å². The van der Waals surface area contributed by atoms with E-state index < -0.39 is 18.0 Å². The summed E-state index contributed by atoms with van der Waals surface area (Å²) in [6, 6.07) is 0. The maximum absolute atomic E-state index is 11.4. The Morgan fingerprint density at radius 3 is 2.94 bits per heavy atom. The summed E-state index contributed by atoms with van der Waals surface area (Å²) in [5, 5.41) is 15.4. The fraction of sp³-hybridized carbons (Fsp3) is 0.444. The number of aliphatic hydroxyl groups excluding tert-OH is 1. The van der Waals surface area contributed by atoms with Crippen LogP contribution in [0, 0.1) is 0 Å².